The van der Waals surface area contributed by atoms with E-state index in [0.717, 1.165) is 61.0 Å². The van der Waals surface area contributed by atoms with Crippen LogP contribution in [-0.2, 0) is 0 Å². The normalized spacial score (nSPS) is 12.3. The maximum Gasteiger partial charge on any atom is 0.156 e. The van der Waals surface area contributed by atoms with Crippen molar-refractivity contribution in [1.82, 2.24) is 9.38 Å². The number of hydrogen-bond donors (Lipinski definition) is 0. The second-order valence-corrected chi connectivity index (χ2v) is 14.5. The van der Waals surface area contributed by atoms with Crippen molar-refractivity contribution in [2.75, 3.05) is 0 Å². The van der Waals surface area contributed by atoms with Gasteiger partial charge in [-0.05, 0) is 62.3 Å². The molecule has 0 spiro atoms. The van der Waals surface area contributed by atoms with Crippen LogP contribution in [0.1, 0.15) is 0 Å². The van der Waals surface area contributed by atoms with Gasteiger partial charge < -0.3 is 4.42 Å². The van der Waals surface area contributed by atoms with Gasteiger partial charge in [0.05, 0.1) is 21.4 Å². The monoisotopic (exact) mass is 666 g/mol. The maximum atomic E-state index is 6.41. The van der Waals surface area contributed by atoms with E-state index in [0.29, 0.717) is 0 Å². The molecule has 0 aliphatic carbocycles. The van der Waals surface area contributed by atoms with Gasteiger partial charge in [-0.25, -0.2) is 4.98 Å². The van der Waals surface area contributed by atoms with Gasteiger partial charge in [-0.3, -0.25) is 4.40 Å². The number of rotatable bonds is 2. The quantitative estimate of drug-likeness (QED) is 0.172. The number of benzene rings is 8. The molecule has 0 unspecified atom stereocenters. The van der Waals surface area contributed by atoms with Crippen LogP contribution in [-0.4, -0.2) is 9.38 Å². The summed E-state index contributed by atoms with van der Waals surface area (Å²) in [7, 11) is 0. The second kappa shape index (κ2) is 10.0. The van der Waals surface area contributed by atoms with Crippen molar-refractivity contribution in [3.63, 3.8) is 0 Å². The van der Waals surface area contributed by atoms with E-state index in [9.17, 15) is 0 Å². The van der Waals surface area contributed by atoms with Gasteiger partial charge in [-0.2, -0.15) is 0 Å². The third-order valence-electron chi connectivity index (χ3n) is 10.8. The van der Waals surface area contributed by atoms with E-state index in [1.165, 1.54) is 52.5 Å². The van der Waals surface area contributed by atoms with Crippen molar-refractivity contribution in [3.8, 4) is 22.4 Å². The SMILES string of the molecule is c1ccc2c(c1)ccc1c2ccc2c1nc1c3sc4ccc5ccccc5c4c3cc(-c3ccc(-c4cccc5c4oc4ccccc45)cc3)n21. The first kappa shape index (κ1) is 27.3. The molecule has 0 aliphatic rings. The summed E-state index contributed by atoms with van der Waals surface area (Å²) in [6.07, 6.45) is 0. The highest BCUT2D eigenvalue weighted by Gasteiger charge is 2.21. The van der Waals surface area contributed by atoms with Crippen LogP contribution in [0.3, 0.4) is 0 Å². The Morgan fingerprint density at radius 1 is 0.510 bits per heavy atom. The van der Waals surface area contributed by atoms with E-state index in [2.05, 4.69) is 150 Å². The summed E-state index contributed by atoms with van der Waals surface area (Å²) in [5, 5.41) is 12.3. The van der Waals surface area contributed by atoms with Crippen molar-refractivity contribution >= 4 is 102 Å². The number of furan rings is 1. The zero-order valence-electron chi connectivity index (χ0n) is 27.2. The van der Waals surface area contributed by atoms with Gasteiger partial charge in [0.2, 0.25) is 0 Å². The highest BCUT2D eigenvalue weighted by Crippen LogP contribution is 2.44. The van der Waals surface area contributed by atoms with Crippen LogP contribution in [0.5, 0.6) is 0 Å². The Kier molecular flexibility index (Phi) is 5.38. The molecule has 236 valence electrons. The largest absolute Gasteiger partial charge is 0.455 e. The molecule has 8 aromatic carbocycles. The van der Waals surface area contributed by atoms with E-state index >= 15 is 0 Å². The van der Waals surface area contributed by atoms with Crippen LogP contribution < -0.4 is 0 Å². The summed E-state index contributed by atoms with van der Waals surface area (Å²) < 4.78 is 11.3. The Balaban J connectivity index is 1.16. The number of fused-ring (bicyclic) bond motifs is 16. The van der Waals surface area contributed by atoms with Crippen molar-refractivity contribution in [2.24, 2.45) is 0 Å². The minimum atomic E-state index is 0.912. The van der Waals surface area contributed by atoms with Gasteiger partial charge in [0, 0.05) is 37.2 Å². The summed E-state index contributed by atoms with van der Waals surface area (Å²) in [6.45, 7) is 0. The molecule has 0 amide bonds. The highest BCUT2D eigenvalue weighted by atomic mass is 32.1. The van der Waals surface area contributed by atoms with Crippen molar-refractivity contribution in [1.29, 1.82) is 0 Å². The van der Waals surface area contributed by atoms with E-state index in [4.69, 9.17) is 9.40 Å². The Labute approximate surface area is 295 Å². The Morgan fingerprint density at radius 3 is 2.10 bits per heavy atom. The molecule has 4 heteroatoms. The maximum absolute atomic E-state index is 6.41. The number of thiophene rings is 1. The summed E-state index contributed by atoms with van der Waals surface area (Å²) in [5.41, 5.74) is 9.47. The number of imidazole rings is 1. The molecule has 12 aromatic rings. The van der Waals surface area contributed by atoms with Crippen LogP contribution in [0.2, 0.25) is 0 Å². The molecule has 0 saturated carbocycles. The predicted molar refractivity (Wildman–Crippen MR) is 216 cm³/mol. The first-order chi connectivity index (χ1) is 25.3. The fraction of sp³-hybridized carbons (Fsp3) is 0. The third kappa shape index (κ3) is 3.74. The summed E-state index contributed by atoms with van der Waals surface area (Å²) in [4.78, 5) is 5.52. The zero-order chi connectivity index (χ0) is 33.2. The highest BCUT2D eigenvalue weighted by molar-refractivity contribution is 7.26. The van der Waals surface area contributed by atoms with Gasteiger partial charge >= 0.3 is 0 Å². The first-order valence-corrected chi connectivity index (χ1v) is 18.1. The number of para-hydroxylation sites is 2. The Morgan fingerprint density at radius 2 is 1.22 bits per heavy atom. The molecular formula is C47H26N2OS. The second-order valence-electron chi connectivity index (χ2n) is 13.5. The van der Waals surface area contributed by atoms with Crippen LogP contribution >= 0.6 is 11.3 Å². The molecule has 0 bridgehead atoms. The topological polar surface area (TPSA) is 30.4 Å². The lowest BCUT2D eigenvalue weighted by atomic mass is 9.99. The standard InChI is InChI=1S/C47H26N2OS/c1-3-10-31-27(8-1)20-22-36-34(31)23-24-39-44(36)48-47-46-38(43-32-11-4-2-9-28(32)21-25-42(43)51-46)26-40(49(39)47)30-18-16-29(17-19-30)33-13-7-14-37-35-12-5-6-15-41(35)50-45(33)37/h1-26H. The minimum absolute atomic E-state index is 0.912. The lowest BCUT2D eigenvalue weighted by Gasteiger charge is -2.11. The summed E-state index contributed by atoms with van der Waals surface area (Å²) in [6, 6.07) is 57.0. The molecule has 51 heavy (non-hydrogen) atoms. The van der Waals surface area contributed by atoms with Gasteiger partial charge in [0.1, 0.15) is 11.2 Å². The molecule has 0 fully saturated rings. The molecule has 0 N–H and O–H groups in total. The molecule has 0 atom stereocenters. The number of hydrogen-bond acceptors (Lipinski definition) is 3. The van der Waals surface area contributed by atoms with Gasteiger partial charge in [-0.1, -0.05) is 133 Å². The van der Waals surface area contributed by atoms with Crippen molar-refractivity contribution in [2.45, 2.75) is 0 Å². The average molecular weight is 667 g/mol. The number of pyridine rings is 1. The minimum Gasteiger partial charge on any atom is -0.455 e. The molecule has 4 aromatic heterocycles. The molecule has 4 heterocycles. The molecular weight excluding hydrogens is 641 g/mol. The van der Waals surface area contributed by atoms with E-state index in [1.54, 1.807) is 0 Å². The summed E-state index contributed by atoms with van der Waals surface area (Å²) >= 11 is 1.84. The Bertz CT molecular complexity index is 3420. The van der Waals surface area contributed by atoms with Crippen LogP contribution in [0.4, 0.5) is 0 Å². The van der Waals surface area contributed by atoms with Crippen molar-refractivity contribution in [3.05, 3.63) is 158 Å². The van der Waals surface area contributed by atoms with E-state index in [-0.39, 0.29) is 0 Å². The van der Waals surface area contributed by atoms with Gasteiger partial charge in [-0.15, -0.1) is 11.3 Å². The lowest BCUT2D eigenvalue weighted by Crippen LogP contribution is -1.93. The molecule has 0 saturated heterocycles. The average Bonchev–Trinajstić information content (AvgIpc) is 3.89. The van der Waals surface area contributed by atoms with Gasteiger partial charge in [0.15, 0.2) is 5.65 Å². The molecule has 0 radical (unpaired) electrons. The summed E-state index contributed by atoms with van der Waals surface area (Å²) in [5.74, 6) is 0. The van der Waals surface area contributed by atoms with Crippen molar-refractivity contribution < 1.29 is 4.42 Å². The lowest BCUT2D eigenvalue weighted by molar-refractivity contribution is 0.670. The molecule has 0 aliphatic heterocycles. The van der Waals surface area contributed by atoms with Crippen LogP contribution in [0.25, 0.3) is 113 Å². The zero-order valence-corrected chi connectivity index (χ0v) is 28.0. The number of aromatic nitrogens is 2. The van der Waals surface area contributed by atoms with Crippen LogP contribution in [0.15, 0.2) is 162 Å². The van der Waals surface area contributed by atoms with Crippen LogP contribution in [0, 0.1) is 0 Å². The first-order valence-electron chi connectivity index (χ1n) is 17.3. The van der Waals surface area contributed by atoms with E-state index in [1.807, 2.05) is 23.5 Å². The fourth-order valence-electron chi connectivity index (χ4n) is 8.43. The molecule has 3 nitrogen and oxygen atoms in total. The Hall–Kier alpha value is -6.49. The fourth-order valence-corrected chi connectivity index (χ4v) is 9.61. The smallest absolute Gasteiger partial charge is 0.156 e. The van der Waals surface area contributed by atoms with Gasteiger partial charge in [0.25, 0.3) is 0 Å². The molecule has 12 rings (SSSR count). The number of nitrogens with zero attached hydrogens (tertiary/aromatic N) is 2. The van der Waals surface area contributed by atoms with E-state index < -0.39 is 0 Å². The predicted octanol–water partition coefficient (Wildman–Crippen LogP) is 13.5. The third-order valence-corrected chi connectivity index (χ3v) is 12.0.